The number of carbonyl (C=O) groups is 1. The van der Waals surface area contributed by atoms with Crippen LogP contribution in [0.4, 0.5) is 4.39 Å². The molecule has 0 bridgehead atoms. The molecule has 1 aromatic rings. The highest BCUT2D eigenvalue weighted by molar-refractivity contribution is 5.94. The molecule has 1 saturated carbocycles. The van der Waals surface area contributed by atoms with Gasteiger partial charge in [0.15, 0.2) is 0 Å². The van der Waals surface area contributed by atoms with Crippen molar-refractivity contribution in [2.45, 2.75) is 18.7 Å². The Kier molecular flexibility index (Phi) is 2.78. The average Bonchev–Trinajstić information content (AvgIpc) is 2.91. The molecule has 1 aliphatic heterocycles. The molecular weight excluding hydrogens is 235 g/mol. The van der Waals surface area contributed by atoms with Crippen LogP contribution in [0.15, 0.2) is 24.5 Å². The van der Waals surface area contributed by atoms with Crippen molar-refractivity contribution in [2.24, 2.45) is 11.8 Å². The van der Waals surface area contributed by atoms with E-state index in [1.807, 2.05) is 0 Å². The number of fused-ring (bicyclic) bond motifs is 1. The lowest BCUT2D eigenvalue weighted by Gasteiger charge is -2.19. The van der Waals surface area contributed by atoms with Crippen LogP contribution in [0.5, 0.6) is 0 Å². The topological polar surface area (TPSA) is 53.4 Å². The summed E-state index contributed by atoms with van der Waals surface area (Å²) >= 11 is 0. The molecule has 0 spiro atoms. The van der Waals surface area contributed by atoms with Gasteiger partial charge >= 0.3 is 0 Å². The number of aromatic nitrogens is 1. The maximum atomic E-state index is 13.3. The highest BCUT2D eigenvalue weighted by atomic mass is 19.1. The van der Waals surface area contributed by atoms with Crippen LogP contribution in [0.25, 0.3) is 0 Å². The Bertz CT molecular complexity index is 454. The molecular formula is C13H15FN2O2. The molecule has 5 heteroatoms. The van der Waals surface area contributed by atoms with Crippen molar-refractivity contribution >= 4 is 5.91 Å². The van der Waals surface area contributed by atoms with E-state index < -0.39 is 12.3 Å². The van der Waals surface area contributed by atoms with E-state index in [1.54, 1.807) is 23.2 Å². The molecule has 18 heavy (non-hydrogen) atoms. The summed E-state index contributed by atoms with van der Waals surface area (Å²) in [5, 5.41) is 9.71. The van der Waals surface area contributed by atoms with Gasteiger partial charge in [-0.1, -0.05) is 0 Å². The number of carbonyl (C=O) groups excluding carboxylic acids is 1. The summed E-state index contributed by atoms with van der Waals surface area (Å²) in [5.41, 5.74) is 0.545. The number of rotatable bonds is 1. The van der Waals surface area contributed by atoms with Gasteiger partial charge in [0, 0.05) is 31.4 Å². The molecule has 0 radical (unpaired) electrons. The second kappa shape index (κ2) is 4.31. The fourth-order valence-electron chi connectivity index (χ4n) is 3.07. The number of aliphatic hydroxyl groups excluding tert-OH is 1. The van der Waals surface area contributed by atoms with Gasteiger partial charge in [0.25, 0.3) is 5.91 Å². The Balaban J connectivity index is 1.72. The number of hydrogen-bond acceptors (Lipinski definition) is 3. The molecule has 4 nitrogen and oxygen atoms in total. The van der Waals surface area contributed by atoms with E-state index in [1.165, 1.54) is 6.20 Å². The number of nitrogens with zero attached hydrogens (tertiary/aromatic N) is 2. The van der Waals surface area contributed by atoms with Crippen molar-refractivity contribution in [3.05, 3.63) is 30.1 Å². The lowest BCUT2D eigenvalue weighted by atomic mass is 9.99. The van der Waals surface area contributed by atoms with Gasteiger partial charge in [-0.25, -0.2) is 4.39 Å². The minimum absolute atomic E-state index is 0.0832. The van der Waals surface area contributed by atoms with Gasteiger partial charge < -0.3 is 10.0 Å². The summed E-state index contributed by atoms with van der Waals surface area (Å²) in [7, 11) is 0. The van der Waals surface area contributed by atoms with E-state index in [9.17, 15) is 14.3 Å². The number of aliphatic hydroxyl groups is 1. The van der Waals surface area contributed by atoms with Gasteiger partial charge in [-0.15, -0.1) is 0 Å². The second-order valence-electron chi connectivity index (χ2n) is 5.12. The summed E-state index contributed by atoms with van der Waals surface area (Å²) in [6.45, 7) is 0.982. The average molecular weight is 250 g/mol. The first kappa shape index (κ1) is 11.6. The lowest BCUT2D eigenvalue weighted by molar-refractivity contribution is 0.0578. The van der Waals surface area contributed by atoms with Crippen LogP contribution in [-0.2, 0) is 0 Å². The van der Waals surface area contributed by atoms with Gasteiger partial charge in [-0.05, 0) is 24.5 Å². The van der Waals surface area contributed by atoms with Crippen LogP contribution in [-0.4, -0.2) is 46.3 Å². The SMILES string of the molecule is O=C(c1cccnc1)N1C[C@@H]2C[C@H](F)[C@H](O)[C@@H]2C1. The summed E-state index contributed by atoms with van der Waals surface area (Å²) in [6.07, 6.45) is 1.47. The minimum atomic E-state index is -1.13. The number of alkyl halides is 1. The largest absolute Gasteiger partial charge is 0.390 e. The third kappa shape index (κ3) is 1.79. The molecule has 2 heterocycles. The fourth-order valence-corrected chi connectivity index (χ4v) is 3.07. The summed E-state index contributed by atoms with van der Waals surface area (Å²) in [5.74, 6) is -0.101. The van der Waals surface area contributed by atoms with E-state index >= 15 is 0 Å². The van der Waals surface area contributed by atoms with Gasteiger partial charge in [-0.3, -0.25) is 9.78 Å². The second-order valence-corrected chi connectivity index (χ2v) is 5.12. The molecule has 1 aliphatic carbocycles. The molecule has 4 atom stereocenters. The number of hydrogen-bond donors (Lipinski definition) is 1. The Morgan fingerprint density at radius 1 is 1.50 bits per heavy atom. The van der Waals surface area contributed by atoms with Crippen LogP contribution >= 0.6 is 0 Å². The first-order valence-electron chi connectivity index (χ1n) is 6.18. The third-order valence-electron chi connectivity index (χ3n) is 4.02. The van der Waals surface area contributed by atoms with E-state index in [4.69, 9.17) is 0 Å². The van der Waals surface area contributed by atoms with Gasteiger partial charge in [0.2, 0.25) is 0 Å². The van der Waals surface area contributed by atoms with E-state index in [0.29, 0.717) is 25.1 Å². The zero-order chi connectivity index (χ0) is 12.7. The first-order chi connectivity index (χ1) is 8.66. The van der Waals surface area contributed by atoms with E-state index in [-0.39, 0.29) is 17.7 Å². The highest BCUT2D eigenvalue weighted by Crippen LogP contribution is 2.40. The predicted molar refractivity (Wildman–Crippen MR) is 62.6 cm³/mol. The number of pyridine rings is 1. The third-order valence-corrected chi connectivity index (χ3v) is 4.02. The molecule has 0 aromatic carbocycles. The van der Waals surface area contributed by atoms with Crippen molar-refractivity contribution in [3.63, 3.8) is 0 Å². The van der Waals surface area contributed by atoms with Crippen molar-refractivity contribution in [2.75, 3.05) is 13.1 Å². The fraction of sp³-hybridized carbons (Fsp3) is 0.538. The maximum Gasteiger partial charge on any atom is 0.255 e. The molecule has 1 aromatic heterocycles. The summed E-state index contributed by atoms with van der Waals surface area (Å²) < 4.78 is 13.3. The molecule has 1 saturated heterocycles. The molecule has 1 amide bonds. The highest BCUT2D eigenvalue weighted by Gasteiger charge is 2.48. The molecule has 2 fully saturated rings. The van der Waals surface area contributed by atoms with Crippen LogP contribution < -0.4 is 0 Å². The first-order valence-corrected chi connectivity index (χ1v) is 6.18. The van der Waals surface area contributed by atoms with Gasteiger partial charge in [-0.2, -0.15) is 0 Å². The number of halogens is 1. The van der Waals surface area contributed by atoms with Crippen LogP contribution in [0, 0.1) is 11.8 Å². The number of amides is 1. The smallest absolute Gasteiger partial charge is 0.255 e. The molecule has 0 unspecified atom stereocenters. The van der Waals surface area contributed by atoms with Crippen molar-refractivity contribution in [3.8, 4) is 0 Å². The monoisotopic (exact) mass is 250 g/mol. The number of likely N-dealkylation sites (tertiary alicyclic amines) is 1. The molecule has 3 rings (SSSR count). The van der Waals surface area contributed by atoms with Crippen LogP contribution in [0.2, 0.25) is 0 Å². The van der Waals surface area contributed by atoms with Crippen LogP contribution in [0.1, 0.15) is 16.8 Å². The van der Waals surface area contributed by atoms with Crippen molar-refractivity contribution < 1.29 is 14.3 Å². The molecule has 1 N–H and O–H groups in total. The van der Waals surface area contributed by atoms with Gasteiger partial charge in [0.1, 0.15) is 6.17 Å². The normalized spacial score (nSPS) is 34.7. The Labute approximate surface area is 104 Å². The minimum Gasteiger partial charge on any atom is -0.390 e. The van der Waals surface area contributed by atoms with Crippen LogP contribution in [0.3, 0.4) is 0 Å². The zero-order valence-corrected chi connectivity index (χ0v) is 9.87. The van der Waals surface area contributed by atoms with E-state index in [0.717, 1.165) is 0 Å². The molecule has 2 aliphatic rings. The predicted octanol–water partition coefficient (Wildman–Crippen LogP) is 0.873. The zero-order valence-electron chi connectivity index (χ0n) is 9.87. The van der Waals surface area contributed by atoms with Gasteiger partial charge in [0.05, 0.1) is 11.7 Å². The Morgan fingerprint density at radius 2 is 2.33 bits per heavy atom. The maximum absolute atomic E-state index is 13.3. The van der Waals surface area contributed by atoms with Crippen molar-refractivity contribution in [1.82, 2.24) is 9.88 Å². The molecule has 96 valence electrons. The standard InChI is InChI=1S/C13H15FN2O2/c14-11-4-9-6-16(7-10(9)12(11)17)13(18)8-2-1-3-15-5-8/h1-3,5,9-12,17H,4,6-7H2/t9-,10+,11-,12+/m0/s1. The summed E-state index contributed by atoms with van der Waals surface area (Å²) in [4.78, 5) is 17.8. The Hall–Kier alpha value is -1.49. The summed E-state index contributed by atoms with van der Waals surface area (Å²) in [6, 6.07) is 3.44. The van der Waals surface area contributed by atoms with E-state index in [2.05, 4.69) is 4.98 Å². The van der Waals surface area contributed by atoms with Crippen molar-refractivity contribution in [1.29, 1.82) is 0 Å². The lowest BCUT2D eigenvalue weighted by Crippen LogP contribution is -2.33. The Morgan fingerprint density at radius 3 is 3.00 bits per heavy atom. The quantitative estimate of drug-likeness (QED) is 0.804.